The van der Waals surface area contributed by atoms with Crippen molar-refractivity contribution in [3.05, 3.63) is 46.5 Å². The standard InChI is InChI=1S/C13H13BrN4O/c1-9-12(14)18-13(15-9)17(2)11(16-18)8-19-10-6-4-3-5-7-10/h3-7H,8H2,1-2H3. The lowest BCUT2D eigenvalue weighted by molar-refractivity contribution is 0.291. The van der Waals surface area contributed by atoms with Crippen molar-refractivity contribution >= 4 is 21.7 Å². The highest BCUT2D eigenvalue weighted by atomic mass is 79.9. The first-order chi connectivity index (χ1) is 9.16. The number of ether oxygens (including phenoxy) is 1. The molecule has 1 aromatic carbocycles. The van der Waals surface area contributed by atoms with Crippen LogP contribution < -0.4 is 4.74 Å². The second kappa shape index (κ2) is 4.70. The summed E-state index contributed by atoms with van der Waals surface area (Å²) in [7, 11) is 1.94. The number of halogens is 1. The zero-order chi connectivity index (χ0) is 13.4. The summed E-state index contributed by atoms with van der Waals surface area (Å²) in [6.45, 7) is 2.36. The minimum Gasteiger partial charge on any atom is -0.486 e. The van der Waals surface area contributed by atoms with Gasteiger partial charge in [-0.25, -0.2) is 4.98 Å². The number of aromatic nitrogens is 4. The molecule has 98 valence electrons. The minimum absolute atomic E-state index is 0.412. The summed E-state index contributed by atoms with van der Waals surface area (Å²) in [5.74, 6) is 2.46. The third-order valence-corrected chi connectivity index (χ3v) is 3.87. The average molecular weight is 321 g/mol. The van der Waals surface area contributed by atoms with E-state index in [-0.39, 0.29) is 0 Å². The van der Waals surface area contributed by atoms with E-state index >= 15 is 0 Å². The Balaban J connectivity index is 1.87. The van der Waals surface area contributed by atoms with Crippen molar-refractivity contribution in [2.75, 3.05) is 0 Å². The van der Waals surface area contributed by atoms with E-state index in [1.165, 1.54) is 0 Å². The molecule has 0 spiro atoms. The summed E-state index contributed by atoms with van der Waals surface area (Å²) in [6, 6.07) is 9.70. The van der Waals surface area contributed by atoms with Crippen molar-refractivity contribution in [3.8, 4) is 5.75 Å². The van der Waals surface area contributed by atoms with Gasteiger partial charge in [0.25, 0.3) is 0 Å². The van der Waals surface area contributed by atoms with Gasteiger partial charge in [-0.3, -0.25) is 4.57 Å². The fourth-order valence-corrected chi connectivity index (χ4v) is 2.21. The number of hydrogen-bond donors (Lipinski definition) is 0. The van der Waals surface area contributed by atoms with Gasteiger partial charge in [0.1, 0.15) is 17.0 Å². The normalized spacial score (nSPS) is 11.1. The first-order valence-corrected chi connectivity index (χ1v) is 6.70. The molecule has 0 N–H and O–H groups in total. The Kier molecular flexibility index (Phi) is 3.02. The summed E-state index contributed by atoms with van der Waals surface area (Å²) >= 11 is 3.48. The summed E-state index contributed by atoms with van der Waals surface area (Å²) in [5, 5.41) is 4.49. The van der Waals surface area contributed by atoms with Gasteiger partial charge in [0.05, 0.1) is 5.69 Å². The molecule has 0 saturated carbocycles. The molecule has 19 heavy (non-hydrogen) atoms. The number of aryl methyl sites for hydroxylation is 2. The van der Waals surface area contributed by atoms with Crippen molar-refractivity contribution in [2.45, 2.75) is 13.5 Å². The molecule has 0 amide bonds. The molecule has 2 aromatic heterocycles. The summed E-state index contributed by atoms with van der Waals surface area (Å²) in [6.07, 6.45) is 0. The Morgan fingerprint density at radius 3 is 2.68 bits per heavy atom. The van der Waals surface area contributed by atoms with Crippen LogP contribution in [0.15, 0.2) is 34.9 Å². The van der Waals surface area contributed by atoms with Crippen molar-refractivity contribution < 1.29 is 4.74 Å². The molecule has 6 heteroatoms. The van der Waals surface area contributed by atoms with E-state index in [1.807, 2.05) is 48.9 Å². The lowest BCUT2D eigenvalue weighted by Gasteiger charge is -2.04. The molecule has 0 bridgehead atoms. The van der Waals surface area contributed by atoms with Crippen LogP contribution >= 0.6 is 15.9 Å². The number of imidazole rings is 1. The van der Waals surface area contributed by atoms with Crippen LogP contribution in [0.4, 0.5) is 0 Å². The van der Waals surface area contributed by atoms with E-state index in [2.05, 4.69) is 26.0 Å². The van der Waals surface area contributed by atoms with Crippen molar-refractivity contribution in [1.29, 1.82) is 0 Å². The molecule has 2 heterocycles. The van der Waals surface area contributed by atoms with Gasteiger partial charge in [-0.2, -0.15) is 4.52 Å². The molecule has 3 aromatic rings. The second-order valence-electron chi connectivity index (χ2n) is 4.28. The molecule has 5 nitrogen and oxygen atoms in total. The molecule has 0 saturated heterocycles. The molecule has 0 atom stereocenters. The lowest BCUT2D eigenvalue weighted by atomic mass is 10.3. The molecule has 0 aliphatic carbocycles. The van der Waals surface area contributed by atoms with Gasteiger partial charge in [-0.1, -0.05) is 18.2 Å². The fraction of sp³-hybridized carbons (Fsp3) is 0.231. The minimum atomic E-state index is 0.412. The van der Waals surface area contributed by atoms with Crippen molar-refractivity contribution in [3.63, 3.8) is 0 Å². The Morgan fingerprint density at radius 1 is 1.26 bits per heavy atom. The SMILES string of the molecule is Cc1nc2n(C)c(COc3ccccc3)nn2c1Br. The monoisotopic (exact) mass is 320 g/mol. The van der Waals surface area contributed by atoms with Crippen LogP contribution in [0.5, 0.6) is 5.75 Å². The summed E-state index contributed by atoms with van der Waals surface area (Å²) in [5.41, 5.74) is 0.925. The van der Waals surface area contributed by atoms with Crippen molar-refractivity contribution in [2.24, 2.45) is 7.05 Å². The zero-order valence-electron chi connectivity index (χ0n) is 10.7. The van der Waals surface area contributed by atoms with E-state index < -0.39 is 0 Å². The number of benzene rings is 1. The molecule has 0 aliphatic heterocycles. The quantitative estimate of drug-likeness (QED) is 0.745. The number of rotatable bonds is 3. The van der Waals surface area contributed by atoms with E-state index in [0.717, 1.165) is 27.6 Å². The maximum atomic E-state index is 5.70. The number of para-hydroxylation sites is 1. The molecule has 0 fully saturated rings. The third-order valence-electron chi connectivity index (χ3n) is 2.96. The smallest absolute Gasteiger partial charge is 0.233 e. The summed E-state index contributed by atoms with van der Waals surface area (Å²) < 4.78 is 10.3. The highest BCUT2D eigenvalue weighted by Gasteiger charge is 2.14. The first-order valence-electron chi connectivity index (χ1n) is 5.91. The first kappa shape index (κ1) is 12.2. The van der Waals surface area contributed by atoms with Gasteiger partial charge in [-0.05, 0) is 35.0 Å². The largest absolute Gasteiger partial charge is 0.486 e. The Labute approximate surface area is 119 Å². The van der Waals surface area contributed by atoms with Gasteiger partial charge in [-0.15, -0.1) is 5.10 Å². The van der Waals surface area contributed by atoms with Crippen LogP contribution in [-0.2, 0) is 13.7 Å². The molecular formula is C13H13BrN4O. The van der Waals surface area contributed by atoms with Crippen molar-refractivity contribution in [1.82, 2.24) is 19.2 Å². The van der Waals surface area contributed by atoms with Gasteiger partial charge >= 0.3 is 0 Å². The van der Waals surface area contributed by atoms with Crippen LogP contribution in [-0.4, -0.2) is 19.2 Å². The van der Waals surface area contributed by atoms with Crippen LogP contribution in [0.25, 0.3) is 5.78 Å². The molecule has 0 unspecified atom stereocenters. The molecule has 0 radical (unpaired) electrons. The van der Waals surface area contributed by atoms with Crippen LogP contribution in [0.1, 0.15) is 11.5 Å². The van der Waals surface area contributed by atoms with E-state index in [9.17, 15) is 0 Å². The van der Waals surface area contributed by atoms with E-state index in [4.69, 9.17) is 4.74 Å². The maximum Gasteiger partial charge on any atom is 0.233 e. The van der Waals surface area contributed by atoms with E-state index in [1.54, 1.807) is 4.52 Å². The van der Waals surface area contributed by atoms with E-state index in [0.29, 0.717) is 6.61 Å². The van der Waals surface area contributed by atoms with Gasteiger partial charge in [0, 0.05) is 7.05 Å². The predicted octanol–water partition coefficient (Wildman–Crippen LogP) is 2.72. The molecule has 0 aliphatic rings. The summed E-state index contributed by atoms with van der Waals surface area (Å²) in [4.78, 5) is 4.45. The number of nitrogens with zero attached hydrogens (tertiary/aromatic N) is 4. The second-order valence-corrected chi connectivity index (χ2v) is 5.03. The topological polar surface area (TPSA) is 44.3 Å². The lowest BCUT2D eigenvalue weighted by Crippen LogP contribution is -2.04. The Morgan fingerprint density at radius 2 is 2.00 bits per heavy atom. The average Bonchev–Trinajstić information content (AvgIpc) is 2.88. The van der Waals surface area contributed by atoms with Crippen LogP contribution in [0.3, 0.4) is 0 Å². The number of hydrogen-bond acceptors (Lipinski definition) is 3. The predicted molar refractivity (Wildman–Crippen MR) is 75.2 cm³/mol. The Hall–Kier alpha value is -1.82. The highest BCUT2D eigenvalue weighted by Crippen LogP contribution is 2.19. The maximum absolute atomic E-state index is 5.70. The molecular weight excluding hydrogens is 308 g/mol. The van der Waals surface area contributed by atoms with Crippen LogP contribution in [0.2, 0.25) is 0 Å². The van der Waals surface area contributed by atoms with Gasteiger partial charge in [0.15, 0.2) is 5.82 Å². The zero-order valence-corrected chi connectivity index (χ0v) is 12.3. The van der Waals surface area contributed by atoms with Crippen LogP contribution in [0, 0.1) is 6.92 Å². The fourth-order valence-electron chi connectivity index (χ4n) is 1.88. The molecule has 3 rings (SSSR count). The number of fused-ring (bicyclic) bond motifs is 1. The Bertz CT molecular complexity index is 717. The highest BCUT2D eigenvalue weighted by molar-refractivity contribution is 9.10. The van der Waals surface area contributed by atoms with Gasteiger partial charge in [0.2, 0.25) is 5.78 Å². The van der Waals surface area contributed by atoms with Gasteiger partial charge < -0.3 is 4.74 Å². The third kappa shape index (κ3) is 2.12.